The number of hydrogen-bond acceptors (Lipinski definition) is 22. The van der Waals surface area contributed by atoms with Gasteiger partial charge in [-0.15, -0.1) is 0 Å². The molecular weight excluding hydrogens is 891 g/mol. The highest BCUT2D eigenvalue weighted by Crippen LogP contribution is 2.22. The topological polar surface area (TPSA) is 122 Å². The predicted octanol–water partition coefficient (Wildman–Crippen LogP) is -0.0455. The molecule has 9 rings (SSSR count). The van der Waals surface area contributed by atoms with Crippen LogP contribution in [0.3, 0.4) is 0 Å². The van der Waals surface area contributed by atoms with Crippen LogP contribution in [0.2, 0.25) is 0 Å². The third-order valence-electron chi connectivity index (χ3n) is 13.7. The molecule has 0 radical (unpaired) electrons. The number of nitrogens with zero attached hydrogens (tertiary/aromatic N) is 19. The van der Waals surface area contributed by atoms with Crippen LogP contribution in [-0.4, -0.2) is 347 Å². The smallest absolute Gasteiger partial charge is 0.0976 e. The largest absolute Gasteiger partial charge is 0.381 e. The van der Waals surface area contributed by atoms with E-state index in [1.165, 1.54) is 40.0 Å². The zero-order valence-corrected chi connectivity index (χ0v) is 48.2. The fourth-order valence-electron chi connectivity index (χ4n) is 9.81. The first kappa shape index (κ1) is 63.4. The second-order valence-electron chi connectivity index (χ2n) is 23.1. The Kier molecular flexibility index (Phi) is 28.9. The zero-order valence-electron chi connectivity index (χ0n) is 48.2. The number of rotatable bonds is 9. The van der Waals surface area contributed by atoms with Crippen LogP contribution >= 0.6 is 0 Å². The van der Waals surface area contributed by atoms with Gasteiger partial charge in [-0.25, -0.2) is 0 Å². The fourth-order valence-corrected chi connectivity index (χ4v) is 9.81. The summed E-state index contributed by atoms with van der Waals surface area (Å²) in [5.41, 5.74) is 0.251. The normalized spacial score (nSPS) is 28.7. The molecule has 0 saturated carbocycles. The average Bonchev–Trinajstić information content (AvgIpc) is 3.30. The van der Waals surface area contributed by atoms with Crippen LogP contribution in [0.15, 0.2) is 0 Å². The van der Waals surface area contributed by atoms with Gasteiger partial charge in [0.2, 0.25) is 0 Å². The number of hydrogen-bond donors (Lipinski definition) is 3. The third-order valence-corrected chi connectivity index (χ3v) is 13.7. The summed E-state index contributed by atoms with van der Waals surface area (Å²) in [6.07, 6.45) is 0. The minimum Gasteiger partial charge on any atom is -0.381 e. The Hall–Kier alpha value is -0.880. The Morgan fingerprint density at radius 2 is 0.543 bits per heavy atom. The van der Waals surface area contributed by atoms with Gasteiger partial charge in [0.1, 0.15) is 0 Å². The lowest BCUT2D eigenvalue weighted by Gasteiger charge is -2.56. The Morgan fingerprint density at radius 3 is 0.757 bits per heavy atom. The maximum absolute atomic E-state index is 8.83. The van der Waals surface area contributed by atoms with Gasteiger partial charge >= 0.3 is 0 Å². The van der Waals surface area contributed by atoms with Crippen molar-refractivity contribution >= 4 is 0 Å². The van der Waals surface area contributed by atoms with E-state index in [1.807, 2.05) is 0 Å². The van der Waals surface area contributed by atoms with Crippen LogP contribution in [0.5, 0.6) is 0 Å². The van der Waals surface area contributed by atoms with Crippen LogP contribution in [0, 0.1) is 0 Å². The van der Waals surface area contributed by atoms with Crippen LogP contribution in [-0.2, 0) is 0 Å². The summed E-state index contributed by atoms with van der Waals surface area (Å²) in [5, 5.41) is 26.5. The maximum Gasteiger partial charge on any atom is 0.0976 e. The average molecular weight is 1000 g/mol. The van der Waals surface area contributed by atoms with Gasteiger partial charge in [0.25, 0.3) is 0 Å². The lowest BCUT2D eigenvalue weighted by molar-refractivity contribution is -0.194. The van der Waals surface area contributed by atoms with Gasteiger partial charge in [0.05, 0.1) is 160 Å². The lowest BCUT2D eigenvalue weighted by Crippen LogP contribution is -2.71. The minimum absolute atomic E-state index is 0.0625. The maximum atomic E-state index is 8.83. The minimum atomic E-state index is -0.0625. The highest BCUT2D eigenvalue weighted by molar-refractivity contribution is 4.83. The molecule has 22 heteroatoms. The van der Waals surface area contributed by atoms with Gasteiger partial charge in [-0.05, 0) is 117 Å². The van der Waals surface area contributed by atoms with E-state index in [4.69, 9.17) is 15.3 Å². The molecule has 0 aliphatic carbocycles. The summed E-state index contributed by atoms with van der Waals surface area (Å²) >= 11 is 0. The molecule has 0 aromatic heterocycles. The van der Waals surface area contributed by atoms with E-state index < -0.39 is 0 Å². The molecule has 0 atom stereocenters. The molecule has 22 nitrogen and oxygen atoms in total. The standard InChI is InChI=1S/C13H29N3.C9H21N3.C8H19N3.C6H12N4.C6H15N3O3.C6H15N3/c1-11(2)14-8-15(12(3)4)10-16(9-14)13(5,6)7;1-4-10-7-11(5-2)9-12(6-3)8-10;1-8(2)11-6-9(3)5-10(4)7-11;1-7-2-9-4-8(1)5-10(3-7)6-9;10-4-7-1-8(5-11)3-9(2-7)6-12;1-7-4-8(2)6-9(3)5-7/h11-12H,8-10H2,1-7H3;4-9H2,1-3H3;8H,5-7H2,1-4H3;1-6H2;10-12H,1-6H2;4-6H2,1-3H3. The van der Waals surface area contributed by atoms with Crippen molar-refractivity contribution in [3.8, 4) is 0 Å². The molecule has 416 valence electrons. The van der Waals surface area contributed by atoms with E-state index in [-0.39, 0.29) is 25.7 Å². The summed E-state index contributed by atoms with van der Waals surface area (Å²) in [6.45, 7) is 52.5. The summed E-state index contributed by atoms with van der Waals surface area (Å²) in [5.74, 6) is 0. The molecule has 0 spiro atoms. The van der Waals surface area contributed by atoms with Crippen molar-refractivity contribution in [2.24, 2.45) is 0 Å². The van der Waals surface area contributed by atoms with Crippen molar-refractivity contribution in [1.29, 1.82) is 0 Å². The first-order valence-electron chi connectivity index (χ1n) is 26.4. The lowest BCUT2D eigenvalue weighted by atomic mass is 10.1. The molecule has 70 heavy (non-hydrogen) atoms. The molecule has 0 aromatic carbocycles. The Morgan fingerprint density at radius 1 is 0.314 bits per heavy atom. The van der Waals surface area contributed by atoms with Crippen LogP contribution in [0.25, 0.3) is 0 Å². The first-order chi connectivity index (χ1) is 33.0. The molecule has 9 fully saturated rings. The van der Waals surface area contributed by atoms with Crippen molar-refractivity contribution in [1.82, 2.24) is 93.1 Å². The summed E-state index contributed by atoms with van der Waals surface area (Å²) in [4.78, 5) is 44.0. The van der Waals surface area contributed by atoms with Gasteiger partial charge in [-0.2, -0.15) is 0 Å². The van der Waals surface area contributed by atoms with E-state index >= 15 is 0 Å². The summed E-state index contributed by atoms with van der Waals surface area (Å²) < 4.78 is 0. The van der Waals surface area contributed by atoms with E-state index in [9.17, 15) is 0 Å². The van der Waals surface area contributed by atoms with Crippen molar-refractivity contribution < 1.29 is 15.3 Å². The quantitative estimate of drug-likeness (QED) is 0.286. The highest BCUT2D eigenvalue weighted by Gasteiger charge is 2.36. The SMILES string of the molecule is C1N2CN3CN1CN(C2)C3.CC(C)N1CN(C(C)C)CN(C(C)(C)C)C1.CC(C)N1CN(C)CN(C)C1.CCN1CN(CC)CN(CC)C1.CN1CN(C)CN(C)C1.OCN1CN(CO)CN(CO)C1. The molecule has 9 saturated heterocycles. The second kappa shape index (κ2) is 31.9. The fraction of sp³-hybridized carbons (Fsp3) is 1.00. The van der Waals surface area contributed by atoms with Crippen molar-refractivity contribution in [2.75, 3.05) is 215 Å². The van der Waals surface area contributed by atoms with E-state index in [1.54, 1.807) is 14.7 Å². The predicted molar refractivity (Wildman–Crippen MR) is 285 cm³/mol. The van der Waals surface area contributed by atoms with Gasteiger partial charge < -0.3 is 15.3 Å². The Labute approximate surface area is 429 Å². The van der Waals surface area contributed by atoms with E-state index in [0.29, 0.717) is 38.1 Å². The van der Waals surface area contributed by atoms with Crippen molar-refractivity contribution in [3.05, 3.63) is 0 Å². The molecule has 3 N–H and O–H groups in total. The molecule has 0 unspecified atom stereocenters. The zero-order chi connectivity index (χ0) is 52.3. The molecule has 0 amide bonds. The Bertz CT molecular complexity index is 1170. The molecule has 9 heterocycles. The van der Waals surface area contributed by atoms with E-state index in [2.05, 4.69) is 197 Å². The van der Waals surface area contributed by atoms with Gasteiger partial charge in [-0.1, -0.05) is 20.8 Å². The first-order valence-corrected chi connectivity index (χ1v) is 26.4. The van der Waals surface area contributed by atoms with Crippen LogP contribution in [0.1, 0.15) is 83.1 Å². The van der Waals surface area contributed by atoms with Crippen LogP contribution < -0.4 is 0 Å². The summed E-state index contributed by atoms with van der Waals surface area (Å²) in [7, 11) is 10.7. The van der Waals surface area contributed by atoms with E-state index in [0.717, 1.165) is 99.7 Å². The molecule has 4 bridgehead atoms. The third kappa shape index (κ3) is 22.9. The highest BCUT2D eigenvalue weighted by atomic mass is 16.3. The van der Waals surface area contributed by atoms with Crippen molar-refractivity contribution in [2.45, 2.75) is 107 Å². The molecular formula is C48H111N19O3. The number of aliphatic hydroxyl groups excluding tert-OH is 3. The summed E-state index contributed by atoms with van der Waals surface area (Å²) in [6, 6.07) is 1.89. The van der Waals surface area contributed by atoms with Gasteiger partial charge in [0, 0.05) is 23.7 Å². The molecule has 0 aromatic rings. The molecule has 9 aliphatic rings. The van der Waals surface area contributed by atoms with Crippen molar-refractivity contribution in [3.63, 3.8) is 0 Å². The Balaban J connectivity index is 0.000000224. The van der Waals surface area contributed by atoms with Gasteiger partial charge in [0.15, 0.2) is 0 Å². The molecule has 9 aliphatic heterocycles. The number of aliphatic hydroxyl groups is 3. The monoisotopic (exact) mass is 1000 g/mol. The van der Waals surface area contributed by atoms with Gasteiger partial charge in [-0.3, -0.25) is 93.1 Å². The van der Waals surface area contributed by atoms with Crippen LogP contribution in [0.4, 0.5) is 0 Å². The second-order valence-corrected chi connectivity index (χ2v) is 23.1.